The smallest absolute Gasteiger partial charge is 0.153 e. The molecule has 3 N–H and O–H groups in total. The molecule has 1 aliphatic heterocycles. The Bertz CT molecular complexity index is 823. The molecule has 3 aromatic rings. The maximum Gasteiger partial charge on any atom is 0.153 e. The van der Waals surface area contributed by atoms with Crippen LogP contribution in [0, 0.1) is 0 Å². The average molecular weight is 358 g/mol. The van der Waals surface area contributed by atoms with E-state index < -0.39 is 0 Å². The van der Waals surface area contributed by atoms with Gasteiger partial charge >= 0.3 is 0 Å². The molecule has 0 unspecified atom stereocenters. The average Bonchev–Trinajstić information content (AvgIpc) is 2.93. The lowest BCUT2D eigenvalue weighted by molar-refractivity contribution is -0.690. The fraction of sp³-hybridized carbons (Fsp3) is 0.222. The minimum Gasteiger partial charge on any atom is -0.497 e. The zero-order chi connectivity index (χ0) is 15.1. The van der Waals surface area contributed by atoms with Crippen molar-refractivity contribution >= 4 is 26.8 Å². The molecule has 0 bridgehead atoms. The summed E-state index contributed by atoms with van der Waals surface area (Å²) in [5.41, 5.74) is 5.30. The van der Waals surface area contributed by atoms with Crippen molar-refractivity contribution in [3.05, 3.63) is 63.8 Å². The summed E-state index contributed by atoms with van der Waals surface area (Å²) in [6, 6.07) is 15.3. The Morgan fingerprint density at radius 2 is 2.00 bits per heavy atom. The van der Waals surface area contributed by atoms with Crippen LogP contribution < -0.4 is 10.1 Å². The lowest BCUT2D eigenvalue weighted by atomic mass is 9.94. The number of nitrogens with one attached hydrogen (secondary N) is 1. The first-order valence-corrected chi connectivity index (χ1v) is 8.33. The molecule has 4 heteroatoms. The predicted octanol–water partition coefficient (Wildman–Crippen LogP) is 3.15. The van der Waals surface area contributed by atoms with Gasteiger partial charge in [0, 0.05) is 27.4 Å². The van der Waals surface area contributed by atoms with Crippen molar-refractivity contribution in [2.45, 2.75) is 12.5 Å². The molecule has 22 heavy (non-hydrogen) atoms. The number of methoxy groups -OCH3 is 1. The van der Waals surface area contributed by atoms with Crippen molar-refractivity contribution in [1.29, 1.82) is 0 Å². The first kappa shape index (κ1) is 13.9. The topological polar surface area (TPSA) is 41.6 Å². The monoisotopic (exact) mass is 357 g/mol. The maximum atomic E-state index is 5.38. The summed E-state index contributed by atoms with van der Waals surface area (Å²) in [4.78, 5) is 3.63. The second-order valence-corrected chi connectivity index (χ2v) is 6.65. The third kappa shape index (κ3) is 2.23. The second kappa shape index (κ2) is 5.45. The van der Waals surface area contributed by atoms with Gasteiger partial charge in [-0.1, -0.05) is 28.1 Å². The van der Waals surface area contributed by atoms with E-state index in [1.165, 1.54) is 27.7 Å². The first-order chi connectivity index (χ1) is 10.8. The van der Waals surface area contributed by atoms with E-state index in [1.807, 2.05) is 6.07 Å². The lowest BCUT2D eigenvalue weighted by Crippen LogP contribution is -2.87. The molecule has 1 aromatic heterocycles. The second-order valence-electron chi connectivity index (χ2n) is 5.73. The summed E-state index contributed by atoms with van der Waals surface area (Å²) in [6.45, 7) is 1.11. The summed E-state index contributed by atoms with van der Waals surface area (Å²) in [5, 5.41) is 3.71. The number of aromatic nitrogens is 1. The minimum atomic E-state index is 0.343. The van der Waals surface area contributed by atoms with E-state index in [2.05, 4.69) is 62.6 Å². The Balaban J connectivity index is 1.85. The zero-order valence-corrected chi connectivity index (χ0v) is 14.0. The van der Waals surface area contributed by atoms with Crippen LogP contribution in [0.25, 0.3) is 10.9 Å². The van der Waals surface area contributed by atoms with E-state index in [0.29, 0.717) is 6.04 Å². The summed E-state index contributed by atoms with van der Waals surface area (Å²) in [5.74, 6) is 0.920. The highest BCUT2D eigenvalue weighted by atomic mass is 79.9. The van der Waals surface area contributed by atoms with Crippen LogP contribution in [0.4, 0.5) is 0 Å². The number of nitrogens with two attached hydrogens (primary N) is 1. The molecule has 4 rings (SSSR count). The molecule has 2 aromatic carbocycles. The molecular formula is C18H18BrN2O+. The van der Waals surface area contributed by atoms with E-state index in [9.17, 15) is 0 Å². The highest BCUT2D eigenvalue weighted by Gasteiger charge is 2.28. The molecule has 0 saturated heterocycles. The van der Waals surface area contributed by atoms with Gasteiger partial charge in [0.2, 0.25) is 0 Å². The Kier molecular flexibility index (Phi) is 3.43. The fourth-order valence-corrected chi connectivity index (χ4v) is 3.66. The van der Waals surface area contributed by atoms with Crippen LogP contribution in [0.15, 0.2) is 46.9 Å². The Morgan fingerprint density at radius 3 is 2.77 bits per heavy atom. The number of H-pyrrole nitrogens is 1. The number of benzene rings is 2. The molecule has 1 atom stereocenters. The van der Waals surface area contributed by atoms with Gasteiger partial charge in [0.1, 0.15) is 5.75 Å². The summed E-state index contributed by atoms with van der Waals surface area (Å²) in [6.07, 6.45) is 1.09. The van der Waals surface area contributed by atoms with Crippen LogP contribution in [0.2, 0.25) is 0 Å². The third-order valence-electron chi connectivity index (χ3n) is 4.48. The van der Waals surface area contributed by atoms with Gasteiger partial charge in [-0.3, -0.25) is 0 Å². The SMILES string of the molecule is COc1ccc2[nH]c3c(c2c1)CC[NH2+][C@H]3c1ccc(Br)cc1. The molecule has 0 saturated carbocycles. The molecular weight excluding hydrogens is 340 g/mol. The standard InChI is InChI=1S/C18H17BrN2O/c1-22-13-6-7-16-15(10-13)14-8-9-20-17(18(14)21-16)11-2-4-12(19)5-3-11/h2-7,10,17,20-21H,8-9H2,1H3/p+1/t17-/m0/s1. The third-order valence-corrected chi connectivity index (χ3v) is 5.01. The van der Waals surface area contributed by atoms with Gasteiger partial charge in [0.15, 0.2) is 6.04 Å². The number of halogens is 1. The van der Waals surface area contributed by atoms with Gasteiger partial charge in [0.05, 0.1) is 19.3 Å². The lowest BCUT2D eigenvalue weighted by Gasteiger charge is -2.21. The van der Waals surface area contributed by atoms with E-state index in [0.717, 1.165) is 23.2 Å². The molecule has 0 aliphatic carbocycles. The van der Waals surface area contributed by atoms with Crippen LogP contribution in [0.5, 0.6) is 5.75 Å². The van der Waals surface area contributed by atoms with Crippen LogP contribution in [-0.2, 0) is 6.42 Å². The highest BCUT2D eigenvalue weighted by Crippen LogP contribution is 2.32. The Morgan fingerprint density at radius 1 is 1.18 bits per heavy atom. The number of rotatable bonds is 2. The molecule has 112 valence electrons. The maximum absolute atomic E-state index is 5.38. The fourth-order valence-electron chi connectivity index (χ4n) is 3.39. The van der Waals surface area contributed by atoms with Crippen LogP contribution in [0.3, 0.4) is 0 Å². The Labute approximate surface area is 137 Å². The Hall–Kier alpha value is -1.78. The van der Waals surface area contributed by atoms with Crippen LogP contribution in [0.1, 0.15) is 22.9 Å². The van der Waals surface area contributed by atoms with Crippen molar-refractivity contribution in [2.75, 3.05) is 13.7 Å². The van der Waals surface area contributed by atoms with Gasteiger partial charge in [-0.25, -0.2) is 0 Å². The largest absolute Gasteiger partial charge is 0.497 e. The number of quaternary nitrogens is 1. The molecule has 3 nitrogen and oxygen atoms in total. The molecule has 0 amide bonds. The number of hydrogen-bond donors (Lipinski definition) is 2. The first-order valence-electron chi connectivity index (χ1n) is 7.53. The van der Waals surface area contributed by atoms with Gasteiger partial charge in [0.25, 0.3) is 0 Å². The zero-order valence-electron chi connectivity index (χ0n) is 12.4. The van der Waals surface area contributed by atoms with Crippen molar-refractivity contribution in [1.82, 2.24) is 4.98 Å². The van der Waals surface area contributed by atoms with Crippen molar-refractivity contribution in [3.63, 3.8) is 0 Å². The molecule has 1 aliphatic rings. The minimum absolute atomic E-state index is 0.343. The molecule has 0 radical (unpaired) electrons. The van der Waals surface area contributed by atoms with Gasteiger partial charge in [-0.15, -0.1) is 0 Å². The molecule has 0 spiro atoms. The van der Waals surface area contributed by atoms with Crippen molar-refractivity contribution in [2.24, 2.45) is 0 Å². The highest BCUT2D eigenvalue weighted by molar-refractivity contribution is 9.10. The summed E-state index contributed by atoms with van der Waals surface area (Å²) >= 11 is 3.51. The summed E-state index contributed by atoms with van der Waals surface area (Å²) < 4.78 is 6.50. The number of fused-ring (bicyclic) bond motifs is 3. The quantitative estimate of drug-likeness (QED) is 0.726. The van der Waals surface area contributed by atoms with Crippen LogP contribution >= 0.6 is 15.9 Å². The predicted molar refractivity (Wildman–Crippen MR) is 91.3 cm³/mol. The normalized spacial score (nSPS) is 17.5. The van der Waals surface area contributed by atoms with Crippen molar-refractivity contribution < 1.29 is 10.1 Å². The van der Waals surface area contributed by atoms with Crippen LogP contribution in [-0.4, -0.2) is 18.6 Å². The number of aromatic amines is 1. The number of hydrogen-bond acceptors (Lipinski definition) is 1. The van der Waals surface area contributed by atoms with Gasteiger partial charge < -0.3 is 15.0 Å². The molecule has 2 heterocycles. The summed E-state index contributed by atoms with van der Waals surface area (Å²) in [7, 11) is 1.72. The van der Waals surface area contributed by atoms with E-state index in [1.54, 1.807) is 7.11 Å². The van der Waals surface area contributed by atoms with E-state index in [-0.39, 0.29) is 0 Å². The van der Waals surface area contributed by atoms with Gasteiger partial charge in [-0.2, -0.15) is 0 Å². The van der Waals surface area contributed by atoms with E-state index in [4.69, 9.17) is 4.74 Å². The molecule has 0 fully saturated rings. The van der Waals surface area contributed by atoms with Gasteiger partial charge in [-0.05, 0) is 35.9 Å². The van der Waals surface area contributed by atoms with Crippen molar-refractivity contribution in [3.8, 4) is 5.75 Å². The van der Waals surface area contributed by atoms with E-state index >= 15 is 0 Å². The number of ether oxygens (including phenoxy) is 1.